The van der Waals surface area contributed by atoms with Crippen molar-refractivity contribution in [3.05, 3.63) is 41.3 Å². The lowest BCUT2D eigenvalue weighted by Crippen LogP contribution is -2.35. The molecule has 1 aromatic heterocycles. The van der Waals surface area contributed by atoms with Crippen molar-refractivity contribution in [2.45, 2.75) is 29.9 Å². The highest BCUT2D eigenvalue weighted by Crippen LogP contribution is 2.30. The summed E-state index contributed by atoms with van der Waals surface area (Å²) in [5, 5.41) is 2.83. The second-order valence-corrected chi connectivity index (χ2v) is 10.5. The minimum atomic E-state index is -3.50. The molecule has 0 aliphatic carbocycles. The van der Waals surface area contributed by atoms with Gasteiger partial charge in [0.05, 0.1) is 24.3 Å². The van der Waals surface area contributed by atoms with Crippen LogP contribution in [0.2, 0.25) is 0 Å². The highest BCUT2D eigenvalue weighted by molar-refractivity contribution is 7.91. The largest absolute Gasteiger partial charge is 0.447 e. The average Bonchev–Trinajstić information content (AvgIpc) is 3.38. The van der Waals surface area contributed by atoms with Gasteiger partial charge in [0, 0.05) is 18.0 Å². The predicted molar refractivity (Wildman–Crippen MR) is 114 cm³/mol. The van der Waals surface area contributed by atoms with Crippen molar-refractivity contribution in [3.8, 4) is 0 Å². The lowest BCUT2D eigenvalue weighted by atomic mass is 10.2. The van der Waals surface area contributed by atoms with Crippen molar-refractivity contribution in [1.29, 1.82) is 0 Å². The molecule has 2 aliphatic heterocycles. The summed E-state index contributed by atoms with van der Waals surface area (Å²) in [4.78, 5) is 26.6. The number of sulfonamides is 1. The summed E-state index contributed by atoms with van der Waals surface area (Å²) in [6, 6.07) is 10.3. The predicted octanol–water partition coefficient (Wildman–Crippen LogP) is 3.06. The first-order valence-corrected chi connectivity index (χ1v) is 12.1. The van der Waals surface area contributed by atoms with Gasteiger partial charge in [-0.2, -0.15) is 4.31 Å². The molecular weight excluding hydrogens is 426 g/mol. The Labute approximate surface area is 179 Å². The van der Waals surface area contributed by atoms with Gasteiger partial charge in [-0.3, -0.25) is 9.69 Å². The average molecular weight is 450 g/mol. The van der Waals surface area contributed by atoms with E-state index < -0.39 is 16.1 Å². The number of carbonyl (C=O) groups excluding carboxylic acids is 2. The molecule has 0 spiro atoms. The van der Waals surface area contributed by atoms with Crippen LogP contribution in [0.3, 0.4) is 0 Å². The van der Waals surface area contributed by atoms with Gasteiger partial charge in [0.1, 0.15) is 10.8 Å². The molecule has 2 aromatic rings. The Hall–Kier alpha value is -2.43. The van der Waals surface area contributed by atoms with Crippen LogP contribution < -0.4 is 10.2 Å². The molecule has 2 fully saturated rings. The second kappa shape index (κ2) is 8.75. The zero-order valence-electron chi connectivity index (χ0n) is 16.4. The summed E-state index contributed by atoms with van der Waals surface area (Å²) in [7, 11) is -3.50. The molecule has 1 N–H and O–H groups in total. The molecule has 2 saturated heterocycles. The highest BCUT2D eigenvalue weighted by Gasteiger charge is 2.28. The molecule has 0 unspecified atom stereocenters. The Bertz CT molecular complexity index is 1040. The van der Waals surface area contributed by atoms with E-state index in [0.29, 0.717) is 42.5 Å². The van der Waals surface area contributed by atoms with Crippen LogP contribution in [-0.4, -0.2) is 51.0 Å². The van der Waals surface area contributed by atoms with Crippen LogP contribution in [0.4, 0.5) is 16.2 Å². The number of cyclic esters (lactones) is 1. The third-order valence-electron chi connectivity index (χ3n) is 5.11. The normalized spacial score (nSPS) is 17.7. The number of piperidine rings is 1. The number of amides is 2. The number of nitrogens with one attached hydrogen (secondary N) is 1. The molecule has 2 amide bonds. The van der Waals surface area contributed by atoms with Crippen LogP contribution in [0.25, 0.3) is 0 Å². The number of anilines is 2. The van der Waals surface area contributed by atoms with Gasteiger partial charge in [0.15, 0.2) is 0 Å². The zero-order chi connectivity index (χ0) is 21.1. The first-order chi connectivity index (χ1) is 14.4. The van der Waals surface area contributed by atoms with Crippen molar-refractivity contribution < 1.29 is 22.7 Å². The molecule has 0 radical (unpaired) electrons. The third-order valence-corrected chi connectivity index (χ3v) is 8.56. The molecular formula is C20H23N3O5S2. The van der Waals surface area contributed by atoms with E-state index in [4.69, 9.17) is 4.74 Å². The molecule has 8 nitrogen and oxygen atoms in total. The summed E-state index contributed by atoms with van der Waals surface area (Å²) in [5.74, 6) is -0.279. The Morgan fingerprint density at radius 1 is 1.07 bits per heavy atom. The van der Waals surface area contributed by atoms with E-state index in [0.717, 1.165) is 30.6 Å². The fraction of sp³-hybridized carbons (Fsp3) is 0.400. The molecule has 4 rings (SSSR count). The summed E-state index contributed by atoms with van der Waals surface area (Å²) in [6.45, 7) is 1.83. The maximum Gasteiger partial charge on any atom is 0.414 e. The maximum absolute atomic E-state index is 12.8. The van der Waals surface area contributed by atoms with E-state index in [1.807, 2.05) is 0 Å². The number of benzene rings is 1. The van der Waals surface area contributed by atoms with E-state index >= 15 is 0 Å². The van der Waals surface area contributed by atoms with Crippen molar-refractivity contribution in [1.82, 2.24) is 4.31 Å². The van der Waals surface area contributed by atoms with Gasteiger partial charge in [0.25, 0.3) is 10.0 Å². The molecule has 0 atom stereocenters. The fourth-order valence-electron chi connectivity index (χ4n) is 3.60. The fourth-order valence-corrected chi connectivity index (χ4v) is 6.63. The number of ether oxygens (including phenoxy) is 1. The van der Waals surface area contributed by atoms with Gasteiger partial charge in [-0.15, -0.1) is 11.3 Å². The van der Waals surface area contributed by atoms with Crippen molar-refractivity contribution >= 4 is 44.7 Å². The van der Waals surface area contributed by atoms with Crippen LogP contribution in [-0.2, 0) is 26.0 Å². The third kappa shape index (κ3) is 4.35. The van der Waals surface area contributed by atoms with E-state index in [-0.39, 0.29) is 16.5 Å². The summed E-state index contributed by atoms with van der Waals surface area (Å²) < 4.78 is 32.3. The first kappa shape index (κ1) is 20.8. The van der Waals surface area contributed by atoms with Crippen molar-refractivity contribution in [2.24, 2.45) is 0 Å². The highest BCUT2D eigenvalue weighted by atomic mass is 32.2. The van der Waals surface area contributed by atoms with E-state index in [1.54, 1.807) is 36.4 Å². The van der Waals surface area contributed by atoms with Crippen LogP contribution in [0.1, 0.15) is 24.1 Å². The van der Waals surface area contributed by atoms with Crippen LogP contribution in [0.15, 0.2) is 40.6 Å². The lowest BCUT2D eigenvalue weighted by molar-refractivity contribution is -0.115. The standard InChI is InChI=1S/C20H23N3O5S2/c24-18(21-16-6-2-3-7-17(16)23-12-13-28-20(23)25)14-15-8-9-19(29-15)30(26,27)22-10-4-1-5-11-22/h2-3,6-9H,1,4-5,10-14H2,(H,21,24). The van der Waals surface area contributed by atoms with Crippen LogP contribution >= 0.6 is 11.3 Å². The molecule has 160 valence electrons. The summed E-state index contributed by atoms with van der Waals surface area (Å²) in [6.07, 6.45) is 2.42. The molecule has 0 bridgehead atoms. The minimum Gasteiger partial charge on any atom is -0.447 e. The Morgan fingerprint density at radius 3 is 2.57 bits per heavy atom. The van der Waals surface area contributed by atoms with E-state index in [2.05, 4.69) is 5.32 Å². The number of nitrogens with zero attached hydrogens (tertiary/aromatic N) is 2. The molecule has 3 heterocycles. The Balaban J connectivity index is 1.44. The smallest absolute Gasteiger partial charge is 0.414 e. The SMILES string of the molecule is O=C(Cc1ccc(S(=O)(=O)N2CCCCC2)s1)Nc1ccccc1N1CCOC1=O. The number of rotatable bonds is 6. The topological polar surface area (TPSA) is 96.0 Å². The molecule has 30 heavy (non-hydrogen) atoms. The summed E-state index contributed by atoms with van der Waals surface area (Å²) in [5.41, 5.74) is 1.09. The minimum absolute atomic E-state index is 0.0545. The number of carbonyl (C=O) groups is 2. The van der Waals surface area contributed by atoms with E-state index in [1.165, 1.54) is 9.21 Å². The monoisotopic (exact) mass is 449 g/mol. The second-order valence-electron chi connectivity index (χ2n) is 7.19. The molecule has 10 heteroatoms. The molecule has 2 aliphatic rings. The van der Waals surface area contributed by atoms with Gasteiger partial charge in [-0.1, -0.05) is 18.6 Å². The number of hydrogen-bond acceptors (Lipinski definition) is 6. The first-order valence-electron chi connectivity index (χ1n) is 9.87. The van der Waals surface area contributed by atoms with Gasteiger partial charge < -0.3 is 10.1 Å². The zero-order valence-corrected chi connectivity index (χ0v) is 18.0. The Kier molecular flexibility index (Phi) is 6.07. The van der Waals surface area contributed by atoms with Gasteiger partial charge in [-0.25, -0.2) is 13.2 Å². The van der Waals surface area contributed by atoms with Gasteiger partial charge in [-0.05, 0) is 37.1 Å². The number of hydrogen-bond donors (Lipinski definition) is 1. The van der Waals surface area contributed by atoms with Gasteiger partial charge in [0.2, 0.25) is 5.91 Å². The van der Waals surface area contributed by atoms with Crippen molar-refractivity contribution in [3.63, 3.8) is 0 Å². The summed E-state index contributed by atoms with van der Waals surface area (Å²) >= 11 is 1.13. The van der Waals surface area contributed by atoms with Crippen molar-refractivity contribution in [2.75, 3.05) is 36.5 Å². The van der Waals surface area contributed by atoms with E-state index in [9.17, 15) is 18.0 Å². The van der Waals surface area contributed by atoms with Crippen LogP contribution in [0.5, 0.6) is 0 Å². The lowest BCUT2D eigenvalue weighted by Gasteiger charge is -2.25. The van der Waals surface area contributed by atoms with Crippen LogP contribution in [0, 0.1) is 0 Å². The maximum atomic E-state index is 12.8. The molecule has 1 aromatic carbocycles. The molecule has 0 saturated carbocycles. The van der Waals surface area contributed by atoms with Gasteiger partial charge >= 0.3 is 6.09 Å². The number of para-hydroxylation sites is 2. The number of thiophene rings is 1. The quantitative estimate of drug-likeness (QED) is 0.731. The Morgan fingerprint density at radius 2 is 1.83 bits per heavy atom.